The van der Waals surface area contributed by atoms with Crippen LogP contribution in [0, 0.1) is 0 Å². The van der Waals surface area contributed by atoms with E-state index in [9.17, 15) is 0 Å². The van der Waals surface area contributed by atoms with E-state index in [0.717, 1.165) is 0 Å². The Labute approximate surface area is 47.7 Å². The molecule has 0 unspecified atom stereocenters. The van der Waals surface area contributed by atoms with Crippen LogP contribution in [-0.2, 0) is 0 Å². The third kappa shape index (κ3) is 34.2. The summed E-state index contributed by atoms with van der Waals surface area (Å²) in [6, 6.07) is 0. The van der Waals surface area contributed by atoms with Crippen LogP contribution in [0.5, 0.6) is 0 Å². The van der Waals surface area contributed by atoms with Gasteiger partial charge in [0.1, 0.15) is 0 Å². The first-order valence-corrected chi connectivity index (χ1v) is 7.61. The summed E-state index contributed by atoms with van der Waals surface area (Å²) < 4.78 is 0. The van der Waals surface area contributed by atoms with Crippen LogP contribution in [0.3, 0.4) is 0 Å². The van der Waals surface area contributed by atoms with Crippen molar-refractivity contribution >= 4 is 36.7 Å². The SMILES string of the molecule is O.O.[Cl][Sn][Cl]. The number of hydrogen-bond acceptors (Lipinski definition) is 0. The van der Waals surface area contributed by atoms with Gasteiger partial charge < -0.3 is 11.0 Å². The van der Waals surface area contributed by atoms with Gasteiger partial charge in [-0.2, -0.15) is 0 Å². The third-order valence-electron chi connectivity index (χ3n) is 0. The normalized spacial score (nSPS) is 3.60. The molecule has 0 bridgehead atoms. The maximum absolute atomic E-state index is 4.93. The van der Waals surface area contributed by atoms with Gasteiger partial charge in [-0.3, -0.25) is 0 Å². The van der Waals surface area contributed by atoms with E-state index in [1.807, 2.05) is 0 Å². The van der Waals surface area contributed by atoms with Crippen LogP contribution in [0.1, 0.15) is 0 Å². The zero-order valence-corrected chi connectivity index (χ0v) is 6.62. The topological polar surface area (TPSA) is 63.0 Å². The molecule has 0 saturated heterocycles. The van der Waals surface area contributed by atoms with Crippen LogP contribution in [-0.4, -0.2) is 29.8 Å². The first kappa shape index (κ1) is 16.3. The van der Waals surface area contributed by atoms with Crippen LogP contribution in [0.25, 0.3) is 0 Å². The Bertz CT molecular complexity index is 7.61. The van der Waals surface area contributed by atoms with Crippen molar-refractivity contribution in [3.05, 3.63) is 0 Å². The van der Waals surface area contributed by atoms with Crippen molar-refractivity contribution in [2.45, 2.75) is 0 Å². The molecule has 0 aliphatic carbocycles. The molecule has 5 heteroatoms. The monoisotopic (exact) mass is 226 g/mol. The summed E-state index contributed by atoms with van der Waals surface area (Å²) >= 11 is -0.826. The van der Waals surface area contributed by atoms with E-state index < -0.39 is 18.9 Å². The summed E-state index contributed by atoms with van der Waals surface area (Å²) in [5, 5.41) is 0. The molecule has 0 saturated carbocycles. The van der Waals surface area contributed by atoms with Crippen molar-refractivity contribution < 1.29 is 11.0 Å². The molecule has 0 heterocycles. The minimum atomic E-state index is -0.826. The summed E-state index contributed by atoms with van der Waals surface area (Å²) in [6.45, 7) is 0. The zero-order valence-electron chi connectivity index (χ0n) is 2.26. The van der Waals surface area contributed by atoms with Crippen molar-refractivity contribution in [1.82, 2.24) is 0 Å². The first-order chi connectivity index (χ1) is 1.41. The third-order valence-corrected chi connectivity index (χ3v) is 0. The van der Waals surface area contributed by atoms with E-state index in [0.29, 0.717) is 0 Å². The molecular formula is H4Cl2O2Sn. The Morgan fingerprint density at radius 1 is 1.00 bits per heavy atom. The van der Waals surface area contributed by atoms with E-state index in [-0.39, 0.29) is 11.0 Å². The predicted molar refractivity (Wildman–Crippen MR) is 24.7 cm³/mol. The second-order valence-electron chi connectivity index (χ2n) is 0.0714. The summed E-state index contributed by atoms with van der Waals surface area (Å²) in [4.78, 5) is 0. The number of hydrogen-bond donors (Lipinski definition) is 0. The maximum atomic E-state index is 4.93. The van der Waals surface area contributed by atoms with Crippen LogP contribution in [0.4, 0.5) is 0 Å². The summed E-state index contributed by atoms with van der Waals surface area (Å²) in [5.41, 5.74) is 0. The van der Waals surface area contributed by atoms with Crippen LogP contribution in [0.2, 0.25) is 0 Å². The molecule has 0 atom stereocenters. The second kappa shape index (κ2) is 18.5. The van der Waals surface area contributed by atoms with E-state index in [4.69, 9.17) is 17.8 Å². The quantitative estimate of drug-likeness (QED) is 0.492. The van der Waals surface area contributed by atoms with Crippen molar-refractivity contribution in [2.75, 3.05) is 0 Å². The van der Waals surface area contributed by atoms with Crippen LogP contribution >= 0.6 is 17.8 Å². The van der Waals surface area contributed by atoms with Gasteiger partial charge in [0.05, 0.1) is 0 Å². The Morgan fingerprint density at radius 2 is 1.00 bits per heavy atom. The van der Waals surface area contributed by atoms with E-state index >= 15 is 0 Å². The molecule has 0 aliphatic heterocycles. The minimum absolute atomic E-state index is 0. The standard InChI is InChI=1S/2ClH.2H2O.Sn/h2*1H;2*1H2;/q;;;;+2/p-2. The molecule has 34 valence electrons. The van der Waals surface area contributed by atoms with Gasteiger partial charge in [-0.25, -0.2) is 0 Å². The van der Waals surface area contributed by atoms with Crippen molar-refractivity contribution in [1.29, 1.82) is 0 Å². The molecule has 0 amide bonds. The van der Waals surface area contributed by atoms with Gasteiger partial charge in [0.25, 0.3) is 0 Å². The fourth-order valence-electron chi connectivity index (χ4n) is 0. The van der Waals surface area contributed by atoms with Crippen LogP contribution in [0.15, 0.2) is 0 Å². The van der Waals surface area contributed by atoms with Crippen LogP contribution < -0.4 is 0 Å². The molecule has 0 aromatic carbocycles. The van der Waals surface area contributed by atoms with Gasteiger partial charge >= 0.3 is 36.7 Å². The van der Waals surface area contributed by atoms with Gasteiger partial charge in [-0.15, -0.1) is 0 Å². The Morgan fingerprint density at radius 3 is 1.00 bits per heavy atom. The molecule has 5 heavy (non-hydrogen) atoms. The summed E-state index contributed by atoms with van der Waals surface area (Å²) in [7, 11) is 9.87. The molecule has 0 spiro atoms. The molecule has 0 fully saturated rings. The second-order valence-corrected chi connectivity index (χ2v) is 4.31. The average molecular weight is 226 g/mol. The fraction of sp³-hybridized carbons (Fsp3) is 0. The molecule has 0 aliphatic rings. The molecular weight excluding hydrogens is 222 g/mol. The van der Waals surface area contributed by atoms with E-state index in [2.05, 4.69) is 0 Å². The zero-order chi connectivity index (χ0) is 2.71. The van der Waals surface area contributed by atoms with E-state index in [1.165, 1.54) is 0 Å². The van der Waals surface area contributed by atoms with Crippen molar-refractivity contribution in [2.24, 2.45) is 0 Å². The van der Waals surface area contributed by atoms with Gasteiger partial charge in [0.15, 0.2) is 0 Å². The summed E-state index contributed by atoms with van der Waals surface area (Å²) in [6.07, 6.45) is 0. The van der Waals surface area contributed by atoms with E-state index in [1.54, 1.807) is 0 Å². The predicted octanol–water partition coefficient (Wildman–Crippen LogP) is -0.651. The molecule has 0 rings (SSSR count). The van der Waals surface area contributed by atoms with Crippen molar-refractivity contribution in [3.63, 3.8) is 0 Å². The van der Waals surface area contributed by atoms with Gasteiger partial charge in [-0.1, -0.05) is 0 Å². The Hall–Kier alpha value is 1.30. The fourth-order valence-corrected chi connectivity index (χ4v) is 0. The average Bonchev–Trinajstić information content (AvgIpc) is 0.918. The van der Waals surface area contributed by atoms with Gasteiger partial charge in [0, 0.05) is 0 Å². The number of halogens is 2. The molecule has 2 nitrogen and oxygen atoms in total. The molecule has 0 aromatic heterocycles. The Balaban J connectivity index is -0.0000000200. The first-order valence-electron chi connectivity index (χ1n) is 0.378. The summed E-state index contributed by atoms with van der Waals surface area (Å²) in [5.74, 6) is 0. The van der Waals surface area contributed by atoms with Gasteiger partial charge in [-0.05, 0) is 0 Å². The Kier molecular flexibility index (Phi) is 60.2. The molecule has 4 N–H and O–H groups in total. The van der Waals surface area contributed by atoms with Crippen molar-refractivity contribution in [3.8, 4) is 0 Å². The number of rotatable bonds is 0. The van der Waals surface area contributed by atoms with Gasteiger partial charge in [0.2, 0.25) is 0 Å². The molecule has 0 aromatic rings. The molecule has 2 radical (unpaired) electrons.